The number of halogens is 1. The van der Waals surface area contributed by atoms with Crippen LogP contribution in [0.15, 0.2) is 12.3 Å². The summed E-state index contributed by atoms with van der Waals surface area (Å²) in [5.41, 5.74) is 3.60. The smallest absolute Gasteiger partial charge is 0.0509 e. The number of nitrogens with zero attached hydrogens (tertiary/aromatic N) is 2. The van der Waals surface area contributed by atoms with E-state index in [9.17, 15) is 0 Å². The van der Waals surface area contributed by atoms with Crippen molar-refractivity contribution in [3.63, 3.8) is 0 Å². The fourth-order valence-electron chi connectivity index (χ4n) is 3.16. The molecule has 0 spiro atoms. The van der Waals surface area contributed by atoms with Crippen LogP contribution in [0.1, 0.15) is 30.5 Å². The second-order valence-corrected chi connectivity index (χ2v) is 5.34. The van der Waals surface area contributed by atoms with Crippen LogP contribution in [0.2, 0.25) is 0 Å². The number of rotatable bonds is 2. The maximum atomic E-state index is 6.00. The highest BCUT2D eigenvalue weighted by atomic mass is 35.5. The molecule has 1 aromatic rings. The fraction of sp³-hybridized carbons (Fsp3) is 0.615. The van der Waals surface area contributed by atoms with Crippen molar-refractivity contribution in [3.05, 3.63) is 23.5 Å². The average molecular weight is 237 g/mol. The molecule has 2 unspecified atom stereocenters. The lowest BCUT2D eigenvalue weighted by Gasteiger charge is -2.30. The molecule has 2 bridgehead atoms. The lowest BCUT2D eigenvalue weighted by Crippen LogP contribution is -2.32. The first-order valence-electron chi connectivity index (χ1n) is 6.06. The number of alkyl halides is 1. The van der Waals surface area contributed by atoms with Crippen molar-refractivity contribution in [3.8, 4) is 0 Å². The molecule has 3 heteroatoms. The Morgan fingerprint density at radius 1 is 1.50 bits per heavy atom. The summed E-state index contributed by atoms with van der Waals surface area (Å²) >= 11 is 6.00. The topological polar surface area (TPSA) is 16.1 Å². The largest absolute Gasteiger partial charge is 0.368 e. The van der Waals surface area contributed by atoms with E-state index in [4.69, 9.17) is 11.6 Å². The van der Waals surface area contributed by atoms with E-state index in [0.717, 1.165) is 17.7 Å². The number of hydrogen-bond acceptors (Lipinski definition) is 2. The van der Waals surface area contributed by atoms with Crippen LogP contribution in [0.3, 0.4) is 0 Å². The Kier molecular flexibility index (Phi) is 2.55. The van der Waals surface area contributed by atoms with Gasteiger partial charge >= 0.3 is 0 Å². The van der Waals surface area contributed by atoms with E-state index in [1.807, 2.05) is 6.20 Å². The third-order valence-corrected chi connectivity index (χ3v) is 4.25. The Hall–Kier alpha value is -0.760. The summed E-state index contributed by atoms with van der Waals surface area (Å²) in [6, 6.07) is 2.95. The van der Waals surface area contributed by atoms with Crippen molar-refractivity contribution in [1.29, 1.82) is 0 Å². The third-order valence-electron chi connectivity index (χ3n) is 3.96. The highest BCUT2D eigenvalue weighted by Crippen LogP contribution is 2.41. The van der Waals surface area contributed by atoms with Gasteiger partial charge in [-0.3, -0.25) is 4.98 Å². The first kappa shape index (κ1) is 10.4. The fourth-order valence-corrected chi connectivity index (χ4v) is 3.37. The standard InChI is InChI=1S/C13H17ClN2/c1-9-4-13(11(6-14)7-15-9)16-8-10-2-3-12(16)5-10/h4,7,10,12H,2-3,5-6,8H2,1H3. The van der Waals surface area contributed by atoms with Crippen molar-refractivity contribution in [2.24, 2.45) is 5.92 Å². The zero-order valence-corrected chi connectivity index (χ0v) is 10.4. The summed E-state index contributed by atoms with van der Waals surface area (Å²) in [4.78, 5) is 6.89. The Morgan fingerprint density at radius 3 is 3.00 bits per heavy atom. The molecule has 0 radical (unpaired) electrons. The average Bonchev–Trinajstić information content (AvgIpc) is 2.90. The molecule has 1 saturated carbocycles. The van der Waals surface area contributed by atoms with Crippen LogP contribution in [-0.4, -0.2) is 17.6 Å². The van der Waals surface area contributed by atoms with Gasteiger partial charge in [0.05, 0.1) is 5.88 Å². The number of pyridine rings is 1. The maximum absolute atomic E-state index is 6.00. The minimum Gasteiger partial charge on any atom is -0.368 e. The molecule has 1 aromatic heterocycles. The Morgan fingerprint density at radius 2 is 2.38 bits per heavy atom. The quantitative estimate of drug-likeness (QED) is 0.734. The molecule has 16 heavy (non-hydrogen) atoms. The van der Waals surface area contributed by atoms with Gasteiger partial charge in [-0.15, -0.1) is 11.6 Å². The zero-order valence-electron chi connectivity index (χ0n) is 9.62. The van der Waals surface area contributed by atoms with Gasteiger partial charge in [0, 0.05) is 35.7 Å². The number of anilines is 1. The maximum Gasteiger partial charge on any atom is 0.0509 e. The first-order chi connectivity index (χ1) is 7.78. The second kappa shape index (κ2) is 3.92. The Balaban J connectivity index is 1.96. The first-order valence-corrected chi connectivity index (χ1v) is 6.59. The molecular weight excluding hydrogens is 220 g/mol. The normalized spacial score (nSPS) is 27.8. The van der Waals surface area contributed by atoms with Crippen LogP contribution < -0.4 is 4.90 Å². The predicted octanol–water partition coefficient (Wildman–Crippen LogP) is 3.12. The second-order valence-electron chi connectivity index (χ2n) is 5.07. The van der Waals surface area contributed by atoms with Crippen molar-refractivity contribution in [1.82, 2.24) is 4.98 Å². The van der Waals surface area contributed by atoms with Crippen LogP contribution in [-0.2, 0) is 5.88 Å². The number of aromatic nitrogens is 1. The van der Waals surface area contributed by atoms with Crippen LogP contribution in [0, 0.1) is 12.8 Å². The molecule has 2 atom stereocenters. The molecule has 3 rings (SSSR count). The van der Waals surface area contributed by atoms with E-state index in [2.05, 4.69) is 22.9 Å². The minimum atomic E-state index is 0.566. The van der Waals surface area contributed by atoms with E-state index in [1.165, 1.54) is 37.1 Å². The number of hydrogen-bond donors (Lipinski definition) is 0. The van der Waals surface area contributed by atoms with Gasteiger partial charge in [-0.05, 0) is 38.2 Å². The summed E-state index contributed by atoms with van der Waals surface area (Å²) in [7, 11) is 0. The summed E-state index contributed by atoms with van der Waals surface area (Å²) in [6.45, 7) is 3.27. The zero-order chi connectivity index (χ0) is 11.1. The van der Waals surface area contributed by atoms with Crippen molar-refractivity contribution in [2.75, 3.05) is 11.4 Å². The van der Waals surface area contributed by atoms with E-state index in [-0.39, 0.29) is 0 Å². The summed E-state index contributed by atoms with van der Waals surface area (Å²) in [5, 5.41) is 0. The molecule has 1 aliphatic heterocycles. The van der Waals surface area contributed by atoms with Crippen molar-refractivity contribution >= 4 is 17.3 Å². The molecule has 0 aromatic carbocycles. The van der Waals surface area contributed by atoms with Crippen LogP contribution in [0.25, 0.3) is 0 Å². The van der Waals surface area contributed by atoms with Crippen molar-refractivity contribution in [2.45, 2.75) is 38.1 Å². The predicted molar refractivity (Wildman–Crippen MR) is 67.0 cm³/mol. The summed E-state index contributed by atoms with van der Waals surface area (Å²) in [5.74, 6) is 1.48. The number of piperidine rings is 1. The van der Waals surface area contributed by atoms with Gasteiger partial charge in [0.2, 0.25) is 0 Å². The molecule has 2 fully saturated rings. The minimum absolute atomic E-state index is 0.566. The van der Waals surface area contributed by atoms with Crippen LogP contribution in [0.5, 0.6) is 0 Å². The van der Waals surface area contributed by atoms with Gasteiger partial charge in [0.25, 0.3) is 0 Å². The molecule has 0 amide bonds. The lowest BCUT2D eigenvalue weighted by atomic mass is 10.1. The Bertz CT molecular complexity index is 405. The highest BCUT2D eigenvalue weighted by molar-refractivity contribution is 6.17. The monoisotopic (exact) mass is 236 g/mol. The van der Waals surface area contributed by atoms with Gasteiger partial charge in [-0.2, -0.15) is 0 Å². The number of fused-ring (bicyclic) bond motifs is 2. The number of aryl methyl sites for hydroxylation is 1. The molecule has 2 heterocycles. The van der Waals surface area contributed by atoms with Crippen LogP contribution >= 0.6 is 11.6 Å². The van der Waals surface area contributed by atoms with Crippen LogP contribution in [0.4, 0.5) is 5.69 Å². The summed E-state index contributed by atoms with van der Waals surface area (Å²) in [6.07, 6.45) is 6.09. The van der Waals surface area contributed by atoms with E-state index >= 15 is 0 Å². The molecule has 0 N–H and O–H groups in total. The molecule has 2 nitrogen and oxygen atoms in total. The van der Waals surface area contributed by atoms with Gasteiger partial charge < -0.3 is 4.90 Å². The molecule has 2 aliphatic rings. The SMILES string of the molecule is Cc1cc(N2CC3CCC2C3)c(CCl)cn1. The van der Waals surface area contributed by atoms with Gasteiger partial charge in [-0.1, -0.05) is 0 Å². The summed E-state index contributed by atoms with van der Waals surface area (Å²) < 4.78 is 0. The van der Waals surface area contributed by atoms with E-state index in [1.54, 1.807) is 0 Å². The van der Waals surface area contributed by atoms with Gasteiger partial charge in [0.15, 0.2) is 0 Å². The van der Waals surface area contributed by atoms with E-state index < -0.39 is 0 Å². The lowest BCUT2D eigenvalue weighted by molar-refractivity contribution is 0.552. The molecular formula is C13H17ClN2. The molecule has 1 aliphatic carbocycles. The molecule has 86 valence electrons. The van der Waals surface area contributed by atoms with E-state index in [0.29, 0.717) is 5.88 Å². The Labute approximate surface area is 102 Å². The third kappa shape index (κ3) is 1.60. The van der Waals surface area contributed by atoms with Gasteiger partial charge in [-0.25, -0.2) is 0 Å². The van der Waals surface area contributed by atoms with Gasteiger partial charge in [0.1, 0.15) is 0 Å². The molecule has 1 saturated heterocycles. The van der Waals surface area contributed by atoms with Crippen molar-refractivity contribution < 1.29 is 0 Å². The highest BCUT2D eigenvalue weighted by Gasteiger charge is 2.38.